The smallest absolute Gasteiger partial charge is 0.151 e. The zero-order valence-corrected chi connectivity index (χ0v) is 8.25. The minimum Gasteiger partial charge on any atom is -0.320 e. The Morgan fingerprint density at radius 1 is 1.46 bits per heavy atom. The van der Waals surface area contributed by atoms with Gasteiger partial charge in [0.05, 0.1) is 11.9 Å². The van der Waals surface area contributed by atoms with Crippen LogP contribution in [0.5, 0.6) is 0 Å². The van der Waals surface area contributed by atoms with Crippen LogP contribution in [0.1, 0.15) is 24.9 Å². The van der Waals surface area contributed by atoms with Gasteiger partial charge in [0.25, 0.3) is 0 Å². The van der Waals surface area contributed by atoms with Crippen LogP contribution < -0.4 is 5.32 Å². The molecule has 0 amide bonds. The highest BCUT2D eigenvalue weighted by Gasteiger charge is 1.98. The molecule has 0 saturated carbocycles. The van der Waals surface area contributed by atoms with Crippen LogP contribution in [0.15, 0.2) is 6.20 Å². The van der Waals surface area contributed by atoms with Crippen molar-refractivity contribution in [2.45, 2.75) is 26.2 Å². The molecule has 4 nitrogen and oxygen atoms in total. The van der Waals surface area contributed by atoms with E-state index in [9.17, 15) is 0 Å². The number of nitrogens with one attached hydrogen (secondary N) is 1. The van der Waals surface area contributed by atoms with Crippen molar-refractivity contribution in [3.63, 3.8) is 0 Å². The van der Waals surface area contributed by atoms with Crippen LogP contribution in [0.4, 0.5) is 0 Å². The lowest BCUT2D eigenvalue weighted by molar-refractivity contribution is 0.684. The van der Waals surface area contributed by atoms with E-state index in [-0.39, 0.29) is 0 Å². The van der Waals surface area contributed by atoms with Crippen LogP contribution in [-0.2, 0) is 12.8 Å². The van der Waals surface area contributed by atoms with Gasteiger partial charge in [-0.25, -0.2) is 4.98 Å². The summed E-state index contributed by atoms with van der Waals surface area (Å²) in [7, 11) is 1.95. The highest BCUT2D eigenvalue weighted by Crippen LogP contribution is 1.96. The topological polar surface area (TPSA) is 50.7 Å². The third kappa shape index (κ3) is 3.46. The zero-order chi connectivity index (χ0) is 9.52. The van der Waals surface area contributed by atoms with Gasteiger partial charge in [0, 0.05) is 6.42 Å². The summed E-state index contributed by atoms with van der Waals surface area (Å²) in [6.07, 6.45) is 4.61. The van der Waals surface area contributed by atoms with Crippen molar-refractivity contribution < 1.29 is 0 Å². The molecule has 0 fully saturated rings. The van der Waals surface area contributed by atoms with Gasteiger partial charge in [0.2, 0.25) is 0 Å². The fourth-order valence-electron chi connectivity index (χ4n) is 1.08. The Morgan fingerprint density at radius 2 is 2.31 bits per heavy atom. The van der Waals surface area contributed by atoms with Crippen molar-refractivity contribution in [2.24, 2.45) is 0 Å². The van der Waals surface area contributed by atoms with Crippen LogP contribution in [0.25, 0.3) is 0 Å². The standard InChI is InChI=1S/C9H16N4/c1-3-8-7-11-13-9(12-8)5-4-6-10-2/h7,10H,3-6H2,1-2H3. The molecule has 1 aromatic heterocycles. The van der Waals surface area contributed by atoms with E-state index < -0.39 is 0 Å². The lowest BCUT2D eigenvalue weighted by Crippen LogP contribution is -2.10. The predicted octanol–water partition coefficient (Wildman–Crippen LogP) is 0.586. The molecule has 0 spiro atoms. The molecule has 0 aromatic carbocycles. The van der Waals surface area contributed by atoms with Gasteiger partial charge in [0.1, 0.15) is 0 Å². The van der Waals surface area contributed by atoms with E-state index in [2.05, 4.69) is 27.4 Å². The molecule has 72 valence electrons. The molecule has 0 atom stereocenters. The maximum Gasteiger partial charge on any atom is 0.151 e. The Labute approximate surface area is 78.8 Å². The maximum atomic E-state index is 4.36. The minimum atomic E-state index is 0.856. The molecule has 0 saturated heterocycles. The van der Waals surface area contributed by atoms with Crippen molar-refractivity contribution in [3.8, 4) is 0 Å². The molecule has 1 N–H and O–H groups in total. The lowest BCUT2D eigenvalue weighted by atomic mass is 10.3. The third-order valence-corrected chi connectivity index (χ3v) is 1.84. The summed E-state index contributed by atoms with van der Waals surface area (Å²) in [5, 5.41) is 11.0. The Balaban J connectivity index is 2.46. The van der Waals surface area contributed by atoms with Gasteiger partial charge >= 0.3 is 0 Å². The highest BCUT2D eigenvalue weighted by atomic mass is 15.1. The summed E-state index contributed by atoms with van der Waals surface area (Å²) in [5.41, 5.74) is 1.02. The Kier molecular flexibility index (Phi) is 4.32. The monoisotopic (exact) mass is 180 g/mol. The van der Waals surface area contributed by atoms with E-state index in [1.807, 2.05) is 7.05 Å². The zero-order valence-electron chi connectivity index (χ0n) is 8.25. The average molecular weight is 180 g/mol. The molecule has 0 bridgehead atoms. The first-order valence-electron chi connectivity index (χ1n) is 4.69. The van der Waals surface area contributed by atoms with Crippen molar-refractivity contribution in [1.82, 2.24) is 20.5 Å². The van der Waals surface area contributed by atoms with E-state index in [0.717, 1.165) is 37.3 Å². The van der Waals surface area contributed by atoms with Crippen molar-refractivity contribution in [3.05, 3.63) is 17.7 Å². The number of aryl methyl sites for hydroxylation is 2. The number of rotatable bonds is 5. The van der Waals surface area contributed by atoms with Gasteiger partial charge in [-0.05, 0) is 26.4 Å². The summed E-state index contributed by atoms with van der Waals surface area (Å²) in [6.45, 7) is 3.07. The second-order valence-corrected chi connectivity index (χ2v) is 2.92. The molecule has 1 rings (SSSR count). The van der Waals surface area contributed by atoms with E-state index in [1.54, 1.807) is 6.20 Å². The molecular weight excluding hydrogens is 164 g/mol. The van der Waals surface area contributed by atoms with Crippen molar-refractivity contribution in [2.75, 3.05) is 13.6 Å². The van der Waals surface area contributed by atoms with E-state index in [4.69, 9.17) is 0 Å². The summed E-state index contributed by atoms with van der Waals surface area (Å²) in [4.78, 5) is 4.36. The molecule has 1 heterocycles. The largest absolute Gasteiger partial charge is 0.320 e. The molecule has 1 aromatic rings. The molecular formula is C9H16N4. The molecule has 4 heteroatoms. The third-order valence-electron chi connectivity index (χ3n) is 1.84. The summed E-state index contributed by atoms with van der Waals surface area (Å²) in [6, 6.07) is 0. The number of hydrogen-bond donors (Lipinski definition) is 1. The second-order valence-electron chi connectivity index (χ2n) is 2.92. The Hall–Kier alpha value is -1.03. The van der Waals surface area contributed by atoms with Gasteiger partial charge in [-0.3, -0.25) is 0 Å². The van der Waals surface area contributed by atoms with Gasteiger partial charge in [-0.2, -0.15) is 5.10 Å². The molecule has 13 heavy (non-hydrogen) atoms. The van der Waals surface area contributed by atoms with Crippen LogP contribution in [-0.4, -0.2) is 28.8 Å². The molecule has 0 radical (unpaired) electrons. The summed E-state index contributed by atoms with van der Waals surface area (Å²) >= 11 is 0. The minimum absolute atomic E-state index is 0.856. The quantitative estimate of drug-likeness (QED) is 0.674. The van der Waals surface area contributed by atoms with Gasteiger partial charge in [0.15, 0.2) is 5.82 Å². The number of hydrogen-bond acceptors (Lipinski definition) is 4. The maximum absolute atomic E-state index is 4.36. The molecule has 0 aliphatic carbocycles. The van der Waals surface area contributed by atoms with Gasteiger partial charge in [-0.15, -0.1) is 5.10 Å². The number of nitrogens with zero attached hydrogens (tertiary/aromatic N) is 3. The fraction of sp³-hybridized carbons (Fsp3) is 0.667. The van der Waals surface area contributed by atoms with E-state index in [0.29, 0.717) is 0 Å². The predicted molar refractivity (Wildman–Crippen MR) is 51.5 cm³/mol. The van der Waals surface area contributed by atoms with Crippen molar-refractivity contribution in [1.29, 1.82) is 0 Å². The van der Waals surface area contributed by atoms with Crippen LogP contribution in [0.3, 0.4) is 0 Å². The Bertz CT molecular complexity index is 249. The van der Waals surface area contributed by atoms with Gasteiger partial charge < -0.3 is 5.32 Å². The Morgan fingerprint density at radius 3 is 3.00 bits per heavy atom. The summed E-state index contributed by atoms with van der Waals surface area (Å²) in [5.74, 6) is 0.856. The van der Waals surface area contributed by atoms with E-state index in [1.165, 1.54) is 0 Å². The SMILES string of the molecule is CCc1cnnc(CCCNC)n1. The van der Waals surface area contributed by atoms with E-state index >= 15 is 0 Å². The van der Waals surface area contributed by atoms with Crippen LogP contribution >= 0.6 is 0 Å². The number of aromatic nitrogens is 3. The molecule has 0 aliphatic rings. The average Bonchev–Trinajstić information content (AvgIpc) is 2.19. The van der Waals surface area contributed by atoms with Gasteiger partial charge in [-0.1, -0.05) is 6.92 Å². The molecule has 0 aliphatic heterocycles. The van der Waals surface area contributed by atoms with Crippen LogP contribution in [0, 0.1) is 0 Å². The molecule has 0 unspecified atom stereocenters. The second kappa shape index (κ2) is 5.59. The lowest BCUT2D eigenvalue weighted by Gasteiger charge is -2.00. The first-order chi connectivity index (χ1) is 6.36. The normalized spacial score (nSPS) is 10.3. The fourth-order valence-corrected chi connectivity index (χ4v) is 1.08. The highest BCUT2D eigenvalue weighted by molar-refractivity contribution is 4.95. The summed E-state index contributed by atoms with van der Waals surface area (Å²) < 4.78 is 0. The first kappa shape index (κ1) is 10.1. The van der Waals surface area contributed by atoms with Crippen molar-refractivity contribution >= 4 is 0 Å². The van der Waals surface area contributed by atoms with Crippen LogP contribution in [0.2, 0.25) is 0 Å². The first-order valence-corrected chi connectivity index (χ1v) is 4.69.